The molecule has 0 radical (unpaired) electrons. The average Bonchev–Trinajstić information content (AvgIpc) is 2.96. The second kappa shape index (κ2) is 5.31. The Kier molecular flexibility index (Phi) is 3.78. The van der Waals surface area contributed by atoms with Crippen LogP contribution in [0.25, 0.3) is 0 Å². The molecule has 1 amide bonds. The van der Waals surface area contributed by atoms with Gasteiger partial charge in [-0.1, -0.05) is 0 Å². The van der Waals surface area contributed by atoms with Crippen LogP contribution in [0.15, 0.2) is 18.7 Å². The molecule has 17 heavy (non-hydrogen) atoms. The summed E-state index contributed by atoms with van der Waals surface area (Å²) >= 11 is 0. The predicted octanol–water partition coefficient (Wildman–Crippen LogP) is 0.782. The van der Waals surface area contributed by atoms with E-state index in [1.54, 1.807) is 17.1 Å². The molecule has 1 saturated heterocycles. The molecule has 0 N–H and O–H groups in total. The van der Waals surface area contributed by atoms with E-state index in [0.717, 1.165) is 19.4 Å². The Hall–Kier alpha value is -1.36. The van der Waals surface area contributed by atoms with Crippen LogP contribution in [0, 0.1) is 0 Å². The van der Waals surface area contributed by atoms with Gasteiger partial charge in [0.1, 0.15) is 12.4 Å². The fourth-order valence-corrected chi connectivity index (χ4v) is 2.10. The lowest BCUT2D eigenvalue weighted by molar-refractivity contribution is -0.670. The molecule has 2 rings (SSSR count). The molecule has 0 aliphatic carbocycles. The van der Waals surface area contributed by atoms with Crippen molar-refractivity contribution < 1.29 is 14.1 Å². The van der Waals surface area contributed by atoms with E-state index in [1.807, 2.05) is 29.6 Å². The topological polar surface area (TPSA) is 38.4 Å². The number of carbonyl (C=O) groups excluding carboxylic acids is 1. The standard InChI is InChI=1S/C12H20N3O2/c1-3-14(9-11-5-4-8-17-11)12(16)15-7-6-13(2)10-15/h6-7,10-11H,3-5,8-9H2,1-2H3/q+1. The second-order valence-corrected chi connectivity index (χ2v) is 4.44. The van der Waals surface area contributed by atoms with E-state index in [-0.39, 0.29) is 12.1 Å². The zero-order valence-electron chi connectivity index (χ0n) is 10.5. The van der Waals surface area contributed by atoms with Crippen molar-refractivity contribution >= 4 is 6.03 Å². The van der Waals surface area contributed by atoms with Gasteiger partial charge < -0.3 is 9.64 Å². The van der Waals surface area contributed by atoms with Crippen LogP contribution in [-0.4, -0.2) is 41.3 Å². The van der Waals surface area contributed by atoms with Gasteiger partial charge in [-0.05, 0) is 19.8 Å². The maximum absolute atomic E-state index is 12.2. The number of ether oxygens (including phenoxy) is 1. The normalized spacial score (nSPS) is 19.5. The minimum atomic E-state index is 0.0172. The molecule has 0 saturated carbocycles. The summed E-state index contributed by atoms with van der Waals surface area (Å²) in [5.74, 6) is 0. The minimum Gasteiger partial charge on any atom is -0.376 e. The first-order valence-electron chi connectivity index (χ1n) is 6.15. The van der Waals surface area contributed by atoms with Crippen molar-refractivity contribution in [2.75, 3.05) is 19.7 Å². The smallest absolute Gasteiger partial charge is 0.376 e. The van der Waals surface area contributed by atoms with E-state index in [1.165, 1.54) is 0 Å². The number of hydrogen-bond acceptors (Lipinski definition) is 2. The number of rotatable bonds is 3. The Morgan fingerprint density at radius 1 is 1.65 bits per heavy atom. The SMILES string of the molecule is CCN(CC1CCCO1)C(=O)n1cc[n+](C)c1. The summed E-state index contributed by atoms with van der Waals surface area (Å²) in [5.41, 5.74) is 0. The van der Waals surface area contributed by atoms with Crippen LogP contribution >= 0.6 is 0 Å². The first-order valence-corrected chi connectivity index (χ1v) is 6.15. The fourth-order valence-electron chi connectivity index (χ4n) is 2.10. The van der Waals surface area contributed by atoms with Gasteiger partial charge in [0.15, 0.2) is 0 Å². The Morgan fingerprint density at radius 2 is 2.47 bits per heavy atom. The van der Waals surface area contributed by atoms with Crippen LogP contribution in [-0.2, 0) is 11.8 Å². The van der Waals surface area contributed by atoms with Crippen molar-refractivity contribution in [1.82, 2.24) is 9.47 Å². The second-order valence-electron chi connectivity index (χ2n) is 4.44. The van der Waals surface area contributed by atoms with Gasteiger partial charge in [-0.15, -0.1) is 0 Å². The van der Waals surface area contributed by atoms with Gasteiger partial charge in [-0.3, -0.25) is 0 Å². The number of hydrogen-bond donors (Lipinski definition) is 0. The summed E-state index contributed by atoms with van der Waals surface area (Å²) in [6.45, 7) is 4.23. The van der Waals surface area contributed by atoms with Crippen LogP contribution < -0.4 is 4.57 Å². The largest absolute Gasteiger partial charge is 0.415 e. The summed E-state index contributed by atoms with van der Waals surface area (Å²) < 4.78 is 9.04. The van der Waals surface area contributed by atoms with Gasteiger partial charge in [0, 0.05) is 13.2 Å². The third-order valence-electron chi connectivity index (χ3n) is 3.09. The van der Waals surface area contributed by atoms with Gasteiger partial charge >= 0.3 is 6.03 Å². The lowest BCUT2D eigenvalue weighted by Gasteiger charge is -2.21. The van der Waals surface area contributed by atoms with Crippen molar-refractivity contribution in [2.45, 2.75) is 25.9 Å². The van der Waals surface area contributed by atoms with E-state index in [4.69, 9.17) is 4.74 Å². The van der Waals surface area contributed by atoms with E-state index >= 15 is 0 Å². The number of imidazole rings is 1. The number of carbonyl (C=O) groups is 1. The molecule has 1 aliphatic rings. The van der Waals surface area contributed by atoms with Gasteiger partial charge in [-0.2, -0.15) is 4.57 Å². The van der Waals surface area contributed by atoms with Crippen LogP contribution in [0.2, 0.25) is 0 Å². The Bertz CT molecular complexity index is 383. The summed E-state index contributed by atoms with van der Waals surface area (Å²) in [5, 5.41) is 0. The molecule has 1 fully saturated rings. The molecular formula is C12H20N3O2+. The van der Waals surface area contributed by atoms with Crippen LogP contribution in [0.1, 0.15) is 19.8 Å². The summed E-state index contributed by atoms with van der Waals surface area (Å²) in [6.07, 6.45) is 7.79. The molecular weight excluding hydrogens is 218 g/mol. The van der Waals surface area contributed by atoms with Crippen LogP contribution in [0.5, 0.6) is 0 Å². The average molecular weight is 238 g/mol. The first-order chi connectivity index (χ1) is 8.20. The number of amides is 1. The van der Waals surface area contributed by atoms with Crippen molar-refractivity contribution in [1.29, 1.82) is 0 Å². The minimum absolute atomic E-state index is 0.0172. The summed E-state index contributed by atoms with van der Waals surface area (Å²) in [6, 6.07) is 0.0172. The molecule has 1 aliphatic heterocycles. The van der Waals surface area contributed by atoms with Gasteiger partial charge in [0.2, 0.25) is 0 Å². The third kappa shape index (κ3) is 2.85. The van der Waals surface area contributed by atoms with E-state index in [9.17, 15) is 4.79 Å². The molecule has 1 unspecified atom stereocenters. The predicted molar refractivity (Wildman–Crippen MR) is 62.6 cm³/mol. The van der Waals surface area contributed by atoms with Crippen molar-refractivity contribution in [3.05, 3.63) is 18.7 Å². The molecule has 2 heterocycles. The molecule has 0 bridgehead atoms. The van der Waals surface area contributed by atoms with Crippen molar-refractivity contribution in [3.8, 4) is 0 Å². The van der Waals surface area contributed by atoms with E-state index in [2.05, 4.69) is 0 Å². The van der Waals surface area contributed by atoms with E-state index in [0.29, 0.717) is 13.1 Å². The zero-order chi connectivity index (χ0) is 12.3. The summed E-state index contributed by atoms with van der Waals surface area (Å²) in [4.78, 5) is 14.0. The van der Waals surface area contributed by atoms with Gasteiger partial charge in [0.05, 0.1) is 19.7 Å². The quantitative estimate of drug-likeness (QED) is 0.730. The monoisotopic (exact) mass is 238 g/mol. The molecule has 5 heteroatoms. The zero-order valence-corrected chi connectivity index (χ0v) is 10.5. The number of nitrogens with zero attached hydrogens (tertiary/aromatic N) is 3. The molecule has 0 aromatic carbocycles. The highest BCUT2D eigenvalue weighted by Crippen LogP contribution is 2.13. The lowest BCUT2D eigenvalue weighted by atomic mass is 10.2. The Morgan fingerprint density at radius 3 is 3.00 bits per heavy atom. The molecule has 1 atom stereocenters. The fraction of sp³-hybridized carbons (Fsp3) is 0.667. The lowest BCUT2D eigenvalue weighted by Crippen LogP contribution is -2.40. The number of aromatic nitrogens is 2. The summed E-state index contributed by atoms with van der Waals surface area (Å²) in [7, 11) is 1.90. The van der Waals surface area contributed by atoms with Crippen molar-refractivity contribution in [2.24, 2.45) is 7.05 Å². The molecule has 1 aromatic rings. The van der Waals surface area contributed by atoms with E-state index < -0.39 is 0 Å². The Labute approximate surface area is 102 Å². The Balaban J connectivity index is 1.99. The molecule has 5 nitrogen and oxygen atoms in total. The number of likely N-dealkylation sites (N-methyl/N-ethyl adjacent to an activating group) is 1. The maximum atomic E-state index is 12.2. The number of aryl methyl sites for hydroxylation is 1. The maximum Gasteiger partial charge on any atom is 0.415 e. The molecule has 94 valence electrons. The molecule has 0 spiro atoms. The van der Waals surface area contributed by atoms with Crippen molar-refractivity contribution in [3.63, 3.8) is 0 Å². The van der Waals surface area contributed by atoms with Crippen LogP contribution in [0.3, 0.4) is 0 Å². The van der Waals surface area contributed by atoms with Gasteiger partial charge in [-0.25, -0.2) is 9.36 Å². The third-order valence-corrected chi connectivity index (χ3v) is 3.09. The highest BCUT2D eigenvalue weighted by molar-refractivity contribution is 5.76. The molecule has 1 aromatic heterocycles. The van der Waals surface area contributed by atoms with Crippen LogP contribution in [0.4, 0.5) is 4.79 Å². The first kappa shape index (κ1) is 12.1. The van der Waals surface area contributed by atoms with Gasteiger partial charge in [0.25, 0.3) is 6.33 Å². The highest BCUT2D eigenvalue weighted by atomic mass is 16.5. The highest BCUT2D eigenvalue weighted by Gasteiger charge is 2.24.